The number of ether oxygens (including phenoxy) is 2. The van der Waals surface area contributed by atoms with Gasteiger partial charge in [0.2, 0.25) is 0 Å². The Bertz CT molecular complexity index is 578. The van der Waals surface area contributed by atoms with Crippen LogP contribution in [-0.4, -0.2) is 18.2 Å². The Kier molecular flexibility index (Phi) is 2.59. The van der Waals surface area contributed by atoms with Crippen LogP contribution in [0.2, 0.25) is 0 Å². The highest BCUT2D eigenvalue weighted by atomic mass is 16.5. The minimum atomic E-state index is 0.176. The van der Waals surface area contributed by atoms with Gasteiger partial charge in [-0.1, -0.05) is 0 Å². The highest BCUT2D eigenvalue weighted by Gasteiger charge is 2.15. The predicted octanol–water partition coefficient (Wildman–Crippen LogP) is 2.39. The number of nitrogens with zero attached hydrogens (tertiary/aromatic N) is 1. The minimum absolute atomic E-state index is 0.176. The third-order valence-corrected chi connectivity index (χ3v) is 2.83. The van der Waals surface area contributed by atoms with Crippen LogP contribution < -0.4 is 15.2 Å². The molecule has 1 aromatic carbocycles. The number of nitrogen functional groups attached to an aromatic ring is 1. The summed E-state index contributed by atoms with van der Waals surface area (Å²) in [5.41, 5.74) is 7.20. The maximum absolute atomic E-state index is 5.64. The molecule has 2 aromatic rings. The second kappa shape index (κ2) is 4.25. The topological polar surface area (TPSA) is 70.5 Å². The molecule has 2 N–H and O–H groups in total. The zero-order valence-electron chi connectivity index (χ0n) is 10.1. The smallest absolute Gasteiger partial charge is 0.292 e. The Morgan fingerprint density at radius 1 is 1.17 bits per heavy atom. The maximum atomic E-state index is 5.64. The first-order valence-corrected chi connectivity index (χ1v) is 5.87. The molecule has 18 heavy (non-hydrogen) atoms. The standard InChI is InChI=1S/C13H14N2O3/c1-8-12(15-13(14)18-8)9-3-4-10-11(7-9)17-6-2-5-16-10/h3-4,7H,2,5-6H2,1H3,(H2,14,15). The number of nitrogens with two attached hydrogens (primary N) is 1. The van der Waals surface area contributed by atoms with Crippen LogP contribution in [0.4, 0.5) is 6.01 Å². The van der Waals surface area contributed by atoms with Gasteiger partial charge < -0.3 is 19.6 Å². The van der Waals surface area contributed by atoms with Gasteiger partial charge in [-0.25, -0.2) is 0 Å². The summed E-state index contributed by atoms with van der Waals surface area (Å²) in [6.45, 7) is 3.18. The molecule has 0 spiro atoms. The third kappa shape index (κ3) is 1.88. The largest absolute Gasteiger partial charge is 0.490 e. The molecule has 0 bridgehead atoms. The molecule has 5 heteroatoms. The molecule has 1 aromatic heterocycles. The van der Waals surface area contributed by atoms with Gasteiger partial charge in [-0.05, 0) is 25.1 Å². The Morgan fingerprint density at radius 2 is 1.94 bits per heavy atom. The van der Waals surface area contributed by atoms with E-state index < -0.39 is 0 Å². The van der Waals surface area contributed by atoms with Crippen LogP contribution in [0.5, 0.6) is 11.5 Å². The molecule has 2 heterocycles. The number of fused-ring (bicyclic) bond motifs is 1. The molecule has 0 atom stereocenters. The van der Waals surface area contributed by atoms with Gasteiger partial charge >= 0.3 is 0 Å². The van der Waals surface area contributed by atoms with Crippen molar-refractivity contribution in [3.05, 3.63) is 24.0 Å². The van der Waals surface area contributed by atoms with Crippen LogP contribution in [0.1, 0.15) is 12.2 Å². The molecule has 0 saturated carbocycles. The second-order valence-corrected chi connectivity index (χ2v) is 4.17. The van der Waals surface area contributed by atoms with Gasteiger partial charge in [0, 0.05) is 12.0 Å². The molecule has 0 unspecified atom stereocenters. The lowest BCUT2D eigenvalue weighted by Gasteiger charge is -2.08. The van der Waals surface area contributed by atoms with E-state index in [2.05, 4.69) is 4.98 Å². The predicted molar refractivity (Wildman–Crippen MR) is 66.7 cm³/mol. The zero-order chi connectivity index (χ0) is 12.5. The molecule has 0 amide bonds. The van der Waals surface area contributed by atoms with Gasteiger partial charge in [0.1, 0.15) is 11.5 Å². The highest BCUT2D eigenvalue weighted by molar-refractivity contribution is 5.66. The number of aryl methyl sites for hydroxylation is 1. The van der Waals surface area contributed by atoms with E-state index in [0.717, 1.165) is 29.2 Å². The fourth-order valence-corrected chi connectivity index (χ4v) is 2.00. The summed E-state index contributed by atoms with van der Waals surface area (Å²) in [4.78, 5) is 4.17. The van der Waals surface area contributed by atoms with E-state index in [1.54, 1.807) is 0 Å². The quantitative estimate of drug-likeness (QED) is 0.836. The minimum Gasteiger partial charge on any atom is -0.490 e. The summed E-state index contributed by atoms with van der Waals surface area (Å²) in [5, 5.41) is 0. The molecule has 3 rings (SSSR count). The first-order valence-electron chi connectivity index (χ1n) is 5.87. The van der Waals surface area contributed by atoms with Gasteiger partial charge in [0.15, 0.2) is 11.5 Å². The van der Waals surface area contributed by atoms with Crippen LogP contribution in [0, 0.1) is 6.92 Å². The van der Waals surface area contributed by atoms with Crippen LogP contribution in [-0.2, 0) is 0 Å². The van der Waals surface area contributed by atoms with E-state index in [1.807, 2.05) is 25.1 Å². The Hall–Kier alpha value is -2.17. The normalized spacial score (nSPS) is 14.3. The molecule has 5 nitrogen and oxygen atoms in total. The van der Waals surface area contributed by atoms with Gasteiger partial charge in [-0.2, -0.15) is 4.98 Å². The highest BCUT2D eigenvalue weighted by Crippen LogP contribution is 2.35. The molecule has 0 radical (unpaired) electrons. The molecule has 0 saturated heterocycles. The van der Waals surface area contributed by atoms with E-state index in [0.29, 0.717) is 19.0 Å². The number of anilines is 1. The number of aromatic nitrogens is 1. The van der Waals surface area contributed by atoms with Crippen molar-refractivity contribution in [1.29, 1.82) is 0 Å². The number of rotatable bonds is 1. The molecule has 1 aliphatic rings. The van der Waals surface area contributed by atoms with Crippen molar-refractivity contribution in [2.45, 2.75) is 13.3 Å². The van der Waals surface area contributed by atoms with Crippen LogP contribution in [0.15, 0.2) is 22.6 Å². The Balaban J connectivity index is 2.04. The average Bonchev–Trinajstić information content (AvgIpc) is 2.58. The summed E-state index contributed by atoms with van der Waals surface area (Å²) < 4.78 is 16.5. The Morgan fingerprint density at radius 3 is 2.67 bits per heavy atom. The lowest BCUT2D eigenvalue weighted by molar-refractivity contribution is 0.297. The van der Waals surface area contributed by atoms with Crippen LogP contribution >= 0.6 is 0 Å². The number of benzene rings is 1. The first-order chi connectivity index (χ1) is 8.74. The molecular formula is C13H14N2O3. The zero-order valence-corrected chi connectivity index (χ0v) is 10.1. The SMILES string of the molecule is Cc1oc(N)nc1-c1ccc2c(c1)OCCCO2. The summed E-state index contributed by atoms with van der Waals surface area (Å²) >= 11 is 0. The molecular weight excluding hydrogens is 232 g/mol. The van der Waals surface area contributed by atoms with E-state index in [9.17, 15) is 0 Å². The lowest BCUT2D eigenvalue weighted by Crippen LogP contribution is -1.97. The third-order valence-electron chi connectivity index (χ3n) is 2.83. The Labute approximate surface area is 105 Å². The number of hydrogen-bond acceptors (Lipinski definition) is 5. The fraction of sp³-hybridized carbons (Fsp3) is 0.308. The van der Waals surface area contributed by atoms with E-state index in [4.69, 9.17) is 19.6 Å². The maximum Gasteiger partial charge on any atom is 0.292 e. The molecule has 0 fully saturated rings. The summed E-state index contributed by atoms with van der Waals surface area (Å²) in [6, 6.07) is 5.90. The van der Waals surface area contributed by atoms with Gasteiger partial charge in [0.25, 0.3) is 6.01 Å². The monoisotopic (exact) mass is 246 g/mol. The first kappa shape index (κ1) is 11.0. The second-order valence-electron chi connectivity index (χ2n) is 4.17. The van der Waals surface area contributed by atoms with Gasteiger partial charge in [0.05, 0.1) is 13.2 Å². The van der Waals surface area contributed by atoms with Crippen molar-refractivity contribution < 1.29 is 13.9 Å². The van der Waals surface area contributed by atoms with E-state index >= 15 is 0 Å². The summed E-state index contributed by atoms with van der Waals surface area (Å²) in [6.07, 6.45) is 0.889. The lowest BCUT2D eigenvalue weighted by atomic mass is 10.1. The molecule has 94 valence electrons. The van der Waals surface area contributed by atoms with Crippen LogP contribution in [0.25, 0.3) is 11.3 Å². The van der Waals surface area contributed by atoms with Crippen molar-refractivity contribution in [3.8, 4) is 22.8 Å². The van der Waals surface area contributed by atoms with Crippen molar-refractivity contribution in [1.82, 2.24) is 4.98 Å². The number of hydrogen-bond donors (Lipinski definition) is 1. The fourth-order valence-electron chi connectivity index (χ4n) is 2.00. The van der Waals surface area contributed by atoms with Crippen LogP contribution in [0.3, 0.4) is 0 Å². The van der Waals surface area contributed by atoms with Gasteiger partial charge in [-0.3, -0.25) is 0 Å². The molecule has 1 aliphatic heterocycles. The van der Waals surface area contributed by atoms with E-state index in [-0.39, 0.29) is 6.01 Å². The average molecular weight is 246 g/mol. The molecule has 0 aliphatic carbocycles. The summed E-state index contributed by atoms with van der Waals surface area (Å²) in [7, 11) is 0. The van der Waals surface area contributed by atoms with Crippen molar-refractivity contribution >= 4 is 6.01 Å². The number of oxazole rings is 1. The van der Waals surface area contributed by atoms with Crippen molar-refractivity contribution in [2.24, 2.45) is 0 Å². The van der Waals surface area contributed by atoms with Crippen molar-refractivity contribution in [3.63, 3.8) is 0 Å². The summed E-state index contributed by atoms with van der Waals surface area (Å²) in [5.74, 6) is 2.21. The van der Waals surface area contributed by atoms with Crippen molar-refractivity contribution in [2.75, 3.05) is 18.9 Å². The van der Waals surface area contributed by atoms with E-state index in [1.165, 1.54) is 0 Å². The van der Waals surface area contributed by atoms with Gasteiger partial charge in [-0.15, -0.1) is 0 Å².